The molecule has 4 heteroatoms. The van der Waals surface area contributed by atoms with Crippen LogP contribution >= 0.6 is 0 Å². The molecule has 0 aliphatic rings. The van der Waals surface area contributed by atoms with Crippen molar-refractivity contribution in [3.63, 3.8) is 0 Å². The molecule has 0 amide bonds. The Morgan fingerprint density at radius 2 is 1.88 bits per heavy atom. The molecule has 0 rings (SSSR count). The van der Waals surface area contributed by atoms with Gasteiger partial charge in [-0.15, -0.1) is 0 Å². The van der Waals surface area contributed by atoms with Crippen molar-refractivity contribution in [2.24, 2.45) is 0 Å². The van der Waals surface area contributed by atoms with Crippen LogP contribution < -0.4 is 0 Å². The summed E-state index contributed by atoms with van der Waals surface area (Å²) in [5.74, 6) is -0.936. The Kier molecular flexibility index (Phi) is 3.48. The average molecular weight is 180 g/mol. The van der Waals surface area contributed by atoms with E-state index in [0.717, 1.165) is 0 Å². The second-order valence-electron chi connectivity index (χ2n) is 1.27. The molecule has 45 valence electrons. The van der Waals surface area contributed by atoms with Gasteiger partial charge in [0.15, 0.2) is 0 Å². The van der Waals surface area contributed by atoms with Crippen LogP contribution in [0.4, 0.5) is 0 Å². The molecular formula is C4H5O3Se. The molecule has 0 saturated carbocycles. The molecule has 0 heterocycles. The van der Waals surface area contributed by atoms with Crippen LogP contribution in [0.5, 0.6) is 0 Å². The molecule has 0 aromatic rings. The van der Waals surface area contributed by atoms with Crippen molar-refractivity contribution in [2.75, 3.05) is 0 Å². The van der Waals surface area contributed by atoms with E-state index in [1.807, 2.05) is 0 Å². The van der Waals surface area contributed by atoms with Gasteiger partial charge in [-0.3, -0.25) is 0 Å². The molecular weight excluding hydrogens is 175 g/mol. The summed E-state index contributed by atoms with van der Waals surface area (Å²) < 4.78 is -0.201. The topological polar surface area (TPSA) is 54.4 Å². The Balaban J connectivity index is 3.18. The summed E-state index contributed by atoms with van der Waals surface area (Å²) in [5, 5.41) is 8.00. The summed E-state index contributed by atoms with van der Waals surface area (Å²) in [6, 6.07) is 0. The predicted molar refractivity (Wildman–Crippen MR) is 27.6 cm³/mol. The van der Waals surface area contributed by atoms with Gasteiger partial charge in [-0.25, -0.2) is 0 Å². The zero-order chi connectivity index (χ0) is 6.57. The first-order chi connectivity index (χ1) is 3.63. The van der Waals surface area contributed by atoms with E-state index in [9.17, 15) is 9.59 Å². The first-order valence-electron chi connectivity index (χ1n) is 2.04. The number of carbonyl (C=O) groups excluding carboxylic acids is 1. The van der Waals surface area contributed by atoms with Crippen LogP contribution in [0.2, 0.25) is 0 Å². The van der Waals surface area contributed by atoms with Gasteiger partial charge in [0.25, 0.3) is 0 Å². The van der Waals surface area contributed by atoms with Crippen molar-refractivity contribution in [2.45, 2.75) is 12.8 Å². The van der Waals surface area contributed by atoms with E-state index in [1.165, 1.54) is 0 Å². The molecule has 0 aliphatic carbocycles. The van der Waals surface area contributed by atoms with Crippen molar-refractivity contribution in [3.8, 4) is 0 Å². The Morgan fingerprint density at radius 1 is 1.38 bits per heavy atom. The summed E-state index contributed by atoms with van der Waals surface area (Å²) in [6.07, 6.45) is 0.0150. The molecule has 0 unspecified atom stereocenters. The van der Waals surface area contributed by atoms with Gasteiger partial charge in [-0.05, 0) is 0 Å². The van der Waals surface area contributed by atoms with Gasteiger partial charge in [-0.1, -0.05) is 0 Å². The van der Waals surface area contributed by atoms with Gasteiger partial charge in [-0.2, -0.15) is 0 Å². The third kappa shape index (κ3) is 5.66. The van der Waals surface area contributed by atoms with E-state index >= 15 is 0 Å². The zero-order valence-electron chi connectivity index (χ0n) is 4.09. The number of hydrogen-bond acceptors (Lipinski definition) is 2. The van der Waals surface area contributed by atoms with Gasteiger partial charge >= 0.3 is 54.2 Å². The summed E-state index contributed by atoms with van der Waals surface area (Å²) in [6.45, 7) is 0. The van der Waals surface area contributed by atoms with Crippen molar-refractivity contribution in [1.82, 2.24) is 0 Å². The van der Waals surface area contributed by atoms with Gasteiger partial charge in [0.2, 0.25) is 0 Å². The van der Waals surface area contributed by atoms with Crippen LogP contribution in [0.1, 0.15) is 12.8 Å². The van der Waals surface area contributed by atoms with Gasteiger partial charge in [0.05, 0.1) is 0 Å². The predicted octanol–water partition coefficient (Wildman–Crippen LogP) is -0.454. The van der Waals surface area contributed by atoms with Gasteiger partial charge in [0.1, 0.15) is 0 Å². The van der Waals surface area contributed by atoms with Crippen molar-refractivity contribution in [3.05, 3.63) is 0 Å². The molecule has 0 atom stereocenters. The third-order valence-corrected chi connectivity index (χ3v) is 0.971. The fourth-order valence-electron chi connectivity index (χ4n) is 0.209. The quantitative estimate of drug-likeness (QED) is 0.598. The SMILES string of the molecule is O=C(O)CCC(=O)[Se]. The molecule has 0 aliphatic heterocycles. The second-order valence-corrected chi connectivity index (χ2v) is 2.22. The number of carbonyl (C=O) groups is 2. The molecule has 0 aromatic heterocycles. The standard InChI is InChI=1S/C4H5O3Se/c5-3(6)1-2-4(7)8/h1-2H2,(H,5,6). The maximum atomic E-state index is 10.0. The number of rotatable bonds is 3. The Labute approximate surface area is 54.9 Å². The molecule has 0 spiro atoms. The molecule has 1 radical (unpaired) electrons. The van der Waals surface area contributed by atoms with Gasteiger partial charge in [0, 0.05) is 0 Å². The number of carboxylic acid groups (broad SMARTS) is 1. The monoisotopic (exact) mass is 181 g/mol. The van der Waals surface area contributed by atoms with Crippen molar-refractivity contribution < 1.29 is 14.7 Å². The molecule has 0 aromatic carbocycles. The summed E-state index contributed by atoms with van der Waals surface area (Å²) >= 11 is 2.19. The fourth-order valence-corrected chi connectivity index (χ4v) is 0.423. The number of aliphatic carboxylic acids is 1. The van der Waals surface area contributed by atoms with E-state index < -0.39 is 5.97 Å². The van der Waals surface area contributed by atoms with Gasteiger partial charge < -0.3 is 0 Å². The summed E-state index contributed by atoms with van der Waals surface area (Å²) in [7, 11) is 0. The minimum atomic E-state index is -0.936. The summed E-state index contributed by atoms with van der Waals surface area (Å²) in [5.41, 5.74) is 0. The van der Waals surface area contributed by atoms with E-state index in [1.54, 1.807) is 0 Å². The minimum absolute atomic E-state index is 0.0775. The number of hydrogen-bond donors (Lipinski definition) is 1. The molecule has 3 nitrogen and oxygen atoms in total. The van der Waals surface area contributed by atoms with Crippen molar-refractivity contribution in [1.29, 1.82) is 0 Å². The zero-order valence-corrected chi connectivity index (χ0v) is 5.80. The Hall–Kier alpha value is -0.341. The average Bonchev–Trinajstić information content (AvgIpc) is 1.61. The van der Waals surface area contributed by atoms with E-state index in [0.29, 0.717) is 0 Å². The van der Waals surface area contributed by atoms with Crippen LogP contribution in [0.3, 0.4) is 0 Å². The fraction of sp³-hybridized carbons (Fsp3) is 0.500. The van der Waals surface area contributed by atoms with Crippen LogP contribution in [0.15, 0.2) is 0 Å². The third-order valence-electron chi connectivity index (χ3n) is 0.543. The van der Waals surface area contributed by atoms with E-state index in [-0.39, 0.29) is 17.5 Å². The molecule has 0 fully saturated rings. The Morgan fingerprint density at radius 3 is 2.00 bits per heavy atom. The molecule has 0 saturated heterocycles. The Bertz CT molecular complexity index is 95.9. The second kappa shape index (κ2) is 3.64. The van der Waals surface area contributed by atoms with Crippen LogP contribution in [-0.2, 0) is 9.59 Å². The number of carboxylic acids is 1. The normalized spacial score (nSPS) is 8.50. The maximum absolute atomic E-state index is 10.0. The van der Waals surface area contributed by atoms with Crippen LogP contribution in [0.25, 0.3) is 0 Å². The first kappa shape index (κ1) is 7.66. The van der Waals surface area contributed by atoms with Crippen LogP contribution in [-0.4, -0.2) is 31.8 Å². The molecule has 0 bridgehead atoms. The van der Waals surface area contributed by atoms with E-state index in [2.05, 4.69) is 16.0 Å². The molecule has 1 N–H and O–H groups in total. The molecule has 8 heavy (non-hydrogen) atoms. The van der Waals surface area contributed by atoms with Crippen molar-refractivity contribution >= 4 is 26.7 Å². The summed E-state index contributed by atoms with van der Waals surface area (Å²) in [4.78, 5) is 19.8. The van der Waals surface area contributed by atoms with Crippen LogP contribution in [0, 0.1) is 0 Å². The van der Waals surface area contributed by atoms with E-state index in [4.69, 9.17) is 5.11 Å². The first-order valence-corrected chi connectivity index (χ1v) is 2.90.